The summed E-state index contributed by atoms with van der Waals surface area (Å²) in [7, 11) is 1.96. The number of rotatable bonds is 4. The van der Waals surface area contributed by atoms with Gasteiger partial charge in [0, 0.05) is 12.0 Å². The molecule has 1 aliphatic rings. The molecule has 1 unspecified atom stereocenters. The highest BCUT2D eigenvalue weighted by Crippen LogP contribution is 2.26. The quantitative estimate of drug-likeness (QED) is 0.877. The predicted molar refractivity (Wildman–Crippen MR) is 69.7 cm³/mol. The van der Waals surface area contributed by atoms with E-state index in [1.807, 2.05) is 27.8 Å². The average Bonchev–Trinajstić information content (AvgIpc) is 2.96. The summed E-state index contributed by atoms with van der Waals surface area (Å²) in [6.45, 7) is 7.96. The third-order valence-electron chi connectivity index (χ3n) is 3.67. The lowest BCUT2D eigenvalue weighted by Gasteiger charge is -2.34. The van der Waals surface area contributed by atoms with Crippen LogP contribution in [0.4, 0.5) is 0 Å². The molecule has 0 bridgehead atoms. The summed E-state index contributed by atoms with van der Waals surface area (Å²) >= 11 is 0. The molecule has 1 N–H and O–H groups in total. The maximum absolute atomic E-state index is 9.61. The summed E-state index contributed by atoms with van der Waals surface area (Å²) in [6, 6.07) is 0. The monoisotopic (exact) mass is 269 g/mol. The van der Waals surface area contributed by atoms with E-state index in [2.05, 4.69) is 15.0 Å². The second-order valence-electron chi connectivity index (χ2n) is 6.31. The Hall–Kier alpha value is -0.980. The van der Waals surface area contributed by atoms with Crippen LogP contribution >= 0.6 is 0 Å². The minimum Gasteiger partial charge on any atom is -0.394 e. The maximum atomic E-state index is 9.61. The first kappa shape index (κ1) is 14.4. The smallest absolute Gasteiger partial charge is 0.232 e. The zero-order valence-electron chi connectivity index (χ0n) is 12.1. The van der Waals surface area contributed by atoms with Gasteiger partial charge in [0.2, 0.25) is 5.89 Å². The fourth-order valence-corrected chi connectivity index (χ4v) is 2.15. The fraction of sp³-hybridized carbons (Fsp3) is 0.846. The van der Waals surface area contributed by atoms with Crippen LogP contribution in [0.2, 0.25) is 0 Å². The molecule has 0 saturated carbocycles. The van der Waals surface area contributed by atoms with E-state index in [1.54, 1.807) is 0 Å². The lowest BCUT2D eigenvalue weighted by atomic mass is 9.97. The second kappa shape index (κ2) is 5.19. The van der Waals surface area contributed by atoms with Crippen LogP contribution in [0.5, 0.6) is 0 Å². The van der Waals surface area contributed by atoms with Crippen LogP contribution in [0.15, 0.2) is 4.52 Å². The van der Waals surface area contributed by atoms with Crippen molar-refractivity contribution in [3.05, 3.63) is 11.7 Å². The Balaban J connectivity index is 2.06. The van der Waals surface area contributed by atoms with Crippen LogP contribution in [0.1, 0.15) is 38.9 Å². The molecular formula is C13H23N3O3. The third-order valence-corrected chi connectivity index (χ3v) is 3.67. The first-order chi connectivity index (χ1) is 8.87. The van der Waals surface area contributed by atoms with Gasteiger partial charge in [0.15, 0.2) is 5.82 Å². The Morgan fingerprint density at radius 3 is 2.63 bits per heavy atom. The van der Waals surface area contributed by atoms with Crippen molar-refractivity contribution >= 4 is 0 Å². The van der Waals surface area contributed by atoms with Crippen molar-refractivity contribution in [2.75, 3.05) is 26.9 Å². The summed E-state index contributed by atoms with van der Waals surface area (Å²) in [5, 5.41) is 13.6. The highest BCUT2D eigenvalue weighted by atomic mass is 16.5. The zero-order chi connectivity index (χ0) is 14.1. The number of likely N-dealkylation sites (N-methyl/N-ethyl adjacent to an activating group) is 1. The molecule has 2 heterocycles. The van der Waals surface area contributed by atoms with Crippen LogP contribution in [-0.4, -0.2) is 52.6 Å². The molecule has 1 aromatic heterocycles. The fourth-order valence-electron chi connectivity index (χ4n) is 2.15. The number of nitrogens with zero attached hydrogens (tertiary/aromatic N) is 3. The first-order valence-corrected chi connectivity index (χ1v) is 6.60. The maximum Gasteiger partial charge on any atom is 0.232 e. The minimum atomic E-state index is -0.317. The number of aliphatic hydroxyl groups excluding tert-OH is 1. The first-order valence-electron chi connectivity index (χ1n) is 6.60. The van der Waals surface area contributed by atoms with Crippen molar-refractivity contribution in [3.63, 3.8) is 0 Å². The molecule has 0 aromatic carbocycles. The van der Waals surface area contributed by atoms with Gasteiger partial charge in [-0.05, 0) is 13.5 Å². The molecule has 0 spiro atoms. The lowest BCUT2D eigenvalue weighted by molar-refractivity contribution is 0.0296. The predicted octanol–water partition coefficient (Wildman–Crippen LogP) is 0.950. The number of aromatic nitrogens is 2. The van der Waals surface area contributed by atoms with Crippen molar-refractivity contribution in [1.82, 2.24) is 15.0 Å². The molecule has 108 valence electrons. The largest absolute Gasteiger partial charge is 0.394 e. The Morgan fingerprint density at radius 1 is 1.42 bits per heavy atom. The van der Waals surface area contributed by atoms with Gasteiger partial charge in [0.25, 0.3) is 0 Å². The highest BCUT2D eigenvalue weighted by Gasteiger charge is 2.39. The molecule has 0 radical (unpaired) electrons. The van der Waals surface area contributed by atoms with E-state index >= 15 is 0 Å². The number of hydrogen-bond donors (Lipinski definition) is 1. The number of aliphatic hydroxyl groups is 1. The number of hydrogen-bond acceptors (Lipinski definition) is 6. The van der Waals surface area contributed by atoms with E-state index in [1.165, 1.54) is 0 Å². The Kier molecular flexibility index (Phi) is 3.94. The minimum absolute atomic E-state index is 0.0769. The van der Waals surface area contributed by atoms with E-state index in [4.69, 9.17) is 9.26 Å². The van der Waals surface area contributed by atoms with Crippen LogP contribution in [-0.2, 0) is 16.7 Å². The van der Waals surface area contributed by atoms with Gasteiger partial charge in [-0.3, -0.25) is 4.90 Å². The van der Waals surface area contributed by atoms with Crippen molar-refractivity contribution in [3.8, 4) is 0 Å². The van der Waals surface area contributed by atoms with Crippen molar-refractivity contribution in [2.45, 2.75) is 44.7 Å². The molecule has 1 aliphatic heterocycles. The van der Waals surface area contributed by atoms with E-state index in [-0.39, 0.29) is 17.6 Å². The Morgan fingerprint density at radius 2 is 2.16 bits per heavy atom. The lowest BCUT2D eigenvalue weighted by Crippen LogP contribution is -2.49. The van der Waals surface area contributed by atoms with Crippen LogP contribution in [0.25, 0.3) is 0 Å². The van der Waals surface area contributed by atoms with Crippen molar-refractivity contribution in [1.29, 1.82) is 0 Å². The summed E-state index contributed by atoms with van der Waals surface area (Å²) in [5.74, 6) is 1.28. The Bertz CT molecular complexity index is 419. The van der Waals surface area contributed by atoms with Crippen LogP contribution in [0.3, 0.4) is 0 Å². The van der Waals surface area contributed by atoms with Crippen LogP contribution in [0, 0.1) is 0 Å². The summed E-state index contributed by atoms with van der Waals surface area (Å²) in [5.41, 5.74) is -0.461. The van der Waals surface area contributed by atoms with Gasteiger partial charge >= 0.3 is 0 Å². The molecule has 1 saturated heterocycles. The molecular weight excluding hydrogens is 246 g/mol. The Labute approximate surface area is 113 Å². The summed E-state index contributed by atoms with van der Waals surface area (Å²) in [4.78, 5) is 6.47. The van der Waals surface area contributed by atoms with Gasteiger partial charge < -0.3 is 14.4 Å². The average molecular weight is 269 g/mol. The molecule has 2 rings (SSSR count). The van der Waals surface area contributed by atoms with Gasteiger partial charge in [-0.25, -0.2) is 0 Å². The third kappa shape index (κ3) is 2.96. The topological polar surface area (TPSA) is 71.6 Å². The SMILES string of the molecule is CN(Cc1noc(C(C)(C)C)n1)C1(CO)CCOC1. The summed E-state index contributed by atoms with van der Waals surface area (Å²) < 4.78 is 10.7. The van der Waals surface area contributed by atoms with Gasteiger partial charge in [-0.1, -0.05) is 25.9 Å². The van der Waals surface area contributed by atoms with Gasteiger partial charge in [0.05, 0.1) is 25.3 Å². The van der Waals surface area contributed by atoms with Crippen molar-refractivity contribution < 1.29 is 14.4 Å². The molecule has 6 heteroatoms. The normalized spacial score (nSPS) is 24.3. The second-order valence-corrected chi connectivity index (χ2v) is 6.31. The molecule has 1 fully saturated rings. The molecule has 1 aromatic rings. The molecule has 0 amide bonds. The van der Waals surface area contributed by atoms with Gasteiger partial charge in [0.1, 0.15) is 0 Å². The molecule has 1 atom stereocenters. The van der Waals surface area contributed by atoms with Crippen LogP contribution < -0.4 is 0 Å². The molecule has 19 heavy (non-hydrogen) atoms. The van der Waals surface area contributed by atoms with Crippen molar-refractivity contribution in [2.24, 2.45) is 0 Å². The van der Waals surface area contributed by atoms with Gasteiger partial charge in [-0.2, -0.15) is 4.98 Å². The van der Waals surface area contributed by atoms with Gasteiger partial charge in [-0.15, -0.1) is 0 Å². The number of ether oxygens (including phenoxy) is 1. The molecule has 0 aliphatic carbocycles. The zero-order valence-corrected chi connectivity index (χ0v) is 12.1. The van der Waals surface area contributed by atoms with E-state index in [9.17, 15) is 5.11 Å². The standard InChI is InChI=1S/C13H23N3O3/c1-12(2,3)11-14-10(15-19-11)7-16(4)13(8-17)5-6-18-9-13/h17H,5-9H2,1-4H3. The summed E-state index contributed by atoms with van der Waals surface area (Å²) in [6.07, 6.45) is 0.823. The van der Waals surface area contributed by atoms with E-state index in [0.29, 0.717) is 31.5 Å². The van der Waals surface area contributed by atoms with E-state index < -0.39 is 0 Å². The van der Waals surface area contributed by atoms with E-state index in [0.717, 1.165) is 6.42 Å². The molecule has 6 nitrogen and oxygen atoms in total. The highest BCUT2D eigenvalue weighted by molar-refractivity contribution is 5.00.